The van der Waals surface area contributed by atoms with Crippen LogP contribution in [0.3, 0.4) is 0 Å². The van der Waals surface area contributed by atoms with Crippen LogP contribution < -0.4 is 0 Å². The van der Waals surface area contributed by atoms with Gasteiger partial charge in [0.05, 0.1) is 19.4 Å². The van der Waals surface area contributed by atoms with E-state index in [1.165, 1.54) is 69.9 Å². The highest BCUT2D eigenvalue weighted by atomic mass is 16.5. The number of allylic oxidation sites excluding steroid dienone is 1. The number of carboxylic acids is 1. The summed E-state index contributed by atoms with van der Waals surface area (Å²) in [6.45, 7) is 30.2. The topological polar surface area (TPSA) is 90.3 Å². The second kappa shape index (κ2) is 14.0. The van der Waals surface area contributed by atoms with Crippen LogP contribution >= 0.6 is 0 Å². The fourth-order valence-electron chi connectivity index (χ4n) is 14.7. The zero-order valence-corrected chi connectivity index (χ0v) is 33.8. The van der Waals surface area contributed by atoms with Crippen LogP contribution in [0.15, 0.2) is 12.2 Å². The Morgan fingerprint density at radius 3 is 2.10 bits per heavy atom. The van der Waals surface area contributed by atoms with E-state index in [9.17, 15) is 19.8 Å². The standard InChI is InChI=1S/C44H74N2O5/c1-30(2)31-12-17-44(20-21-45-22-24-46(25-23-45)26-27-47)19-18-42(8)32(38(31)44)10-11-34-41(7)15-14-35(40(5,6)33(41)13-16-43(34,42)9)51-37(50)29-39(3,4)28-36(48)49/h31-35,38,47H,1,10-29H2,2-9H3,(H,48,49)/t31-,32+,33-,34+,35-,38+,41-,42+,43+,44+/m0/s1. The SMILES string of the molecule is C=C(C)[C@@H]1CC[C@]2(CCN3CCN(CCO)CC3)CC[C@]3(C)[C@H](CC[C@@H]4[C@@]5(C)CC[C@H](OC(=O)CC(C)(C)CC(=O)O)C(C)(C)[C@@H]5CC[C@]43C)[C@@H]12. The molecule has 2 N–H and O–H groups in total. The normalized spacial score (nSPS) is 42.6. The number of esters is 1. The molecule has 6 aliphatic rings. The van der Waals surface area contributed by atoms with E-state index in [0.29, 0.717) is 34.0 Å². The number of aliphatic hydroxyl groups excluding tert-OH is 1. The molecule has 7 heteroatoms. The molecule has 0 bridgehead atoms. The van der Waals surface area contributed by atoms with Crippen LogP contribution in [0.4, 0.5) is 0 Å². The van der Waals surface area contributed by atoms with Crippen molar-refractivity contribution in [2.75, 3.05) is 45.9 Å². The maximum atomic E-state index is 13.2. The average molecular weight is 711 g/mol. The number of fused-ring (bicyclic) bond motifs is 7. The lowest BCUT2D eigenvalue weighted by atomic mass is 9.32. The second-order valence-electron chi connectivity index (χ2n) is 21.0. The Labute approximate surface area is 310 Å². The van der Waals surface area contributed by atoms with Crippen LogP contribution in [0.25, 0.3) is 0 Å². The third-order valence-corrected chi connectivity index (χ3v) is 17.5. The summed E-state index contributed by atoms with van der Waals surface area (Å²) in [5.41, 5.74) is 1.93. The lowest BCUT2D eigenvalue weighted by molar-refractivity contribution is -0.250. The van der Waals surface area contributed by atoms with Crippen LogP contribution in [0, 0.1) is 62.1 Å². The molecule has 5 saturated carbocycles. The summed E-state index contributed by atoms with van der Waals surface area (Å²) in [6, 6.07) is 0. The number of ether oxygens (including phenoxy) is 1. The number of aliphatic carboxylic acids is 1. The lowest BCUT2D eigenvalue weighted by Gasteiger charge is -2.73. The molecule has 0 aromatic carbocycles. The predicted octanol–water partition coefficient (Wildman–Crippen LogP) is 8.45. The molecule has 0 aromatic heterocycles. The van der Waals surface area contributed by atoms with Gasteiger partial charge < -0.3 is 19.8 Å². The maximum Gasteiger partial charge on any atom is 0.306 e. The van der Waals surface area contributed by atoms with Gasteiger partial charge in [-0.05, 0) is 141 Å². The summed E-state index contributed by atoms with van der Waals surface area (Å²) in [5.74, 6) is 2.19. The van der Waals surface area contributed by atoms with E-state index in [1.807, 2.05) is 13.8 Å². The Hall–Kier alpha value is -1.44. The third kappa shape index (κ3) is 6.78. The number of nitrogens with zero attached hydrogens (tertiary/aromatic N) is 2. The molecule has 1 saturated heterocycles. The van der Waals surface area contributed by atoms with Gasteiger partial charge >= 0.3 is 11.9 Å². The predicted molar refractivity (Wildman–Crippen MR) is 204 cm³/mol. The highest BCUT2D eigenvalue weighted by molar-refractivity contribution is 5.73. The molecule has 6 fully saturated rings. The van der Waals surface area contributed by atoms with Crippen molar-refractivity contribution in [3.63, 3.8) is 0 Å². The minimum atomic E-state index is -0.869. The van der Waals surface area contributed by atoms with Gasteiger partial charge in [-0.1, -0.05) is 60.6 Å². The van der Waals surface area contributed by atoms with E-state index in [-0.39, 0.29) is 42.4 Å². The number of hydrogen-bond donors (Lipinski definition) is 2. The van der Waals surface area contributed by atoms with Crippen molar-refractivity contribution in [1.82, 2.24) is 9.80 Å². The zero-order valence-electron chi connectivity index (χ0n) is 33.8. The molecule has 7 nitrogen and oxygen atoms in total. The van der Waals surface area contributed by atoms with Crippen LogP contribution in [0.1, 0.15) is 139 Å². The van der Waals surface area contributed by atoms with Gasteiger partial charge in [0.2, 0.25) is 0 Å². The molecule has 1 aliphatic heterocycles. The van der Waals surface area contributed by atoms with Crippen molar-refractivity contribution >= 4 is 11.9 Å². The Kier molecular flexibility index (Phi) is 10.8. The van der Waals surface area contributed by atoms with Gasteiger partial charge in [-0.15, -0.1) is 0 Å². The molecule has 0 amide bonds. The van der Waals surface area contributed by atoms with Crippen LogP contribution in [-0.2, 0) is 14.3 Å². The molecule has 0 radical (unpaired) electrons. The van der Waals surface area contributed by atoms with E-state index < -0.39 is 11.4 Å². The first-order chi connectivity index (χ1) is 23.8. The molecule has 0 spiro atoms. The van der Waals surface area contributed by atoms with E-state index in [1.54, 1.807) is 0 Å². The van der Waals surface area contributed by atoms with Crippen molar-refractivity contribution in [2.45, 2.75) is 145 Å². The number of carbonyl (C=O) groups is 2. The monoisotopic (exact) mass is 711 g/mol. The number of hydrogen-bond acceptors (Lipinski definition) is 6. The molecular weight excluding hydrogens is 636 g/mol. The highest BCUT2D eigenvalue weighted by Crippen LogP contribution is 2.78. The zero-order chi connectivity index (χ0) is 37.2. The molecule has 10 atom stereocenters. The number of carboxylic acid groups (broad SMARTS) is 1. The largest absolute Gasteiger partial charge is 0.481 e. The minimum Gasteiger partial charge on any atom is -0.481 e. The van der Waals surface area contributed by atoms with Crippen molar-refractivity contribution in [3.05, 3.63) is 12.2 Å². The molecule has 5 aliphatic carbocycles. The van der Waals surface area contributed by atoms with Crippen molar-refractivity contribution in [3.8, 4) is 0 Å². The molecule has 51 heavy (non-hydrogen) atoms. The second-order valence-corrected chi connectivity index (χ2v) is 21.0. The molecular formula is C44H74N2O5. The minimum absolute atomic E-state index is 0.0323. The number of piperazine rings is 1. The Morgan fingerprint density at radius 2 is 1.47 bits per heavy atom. The summed E-state index contributed by atoms with van der Waals surface area (Å²) < 4.78 is 6.30. The van der Waals surface area contributed by atoms with Gasteiger partial charge in [0.15, 0.2) is 0 Å². The number of carbonyl (C=O) groups excluding carboxylic acids is 1. The first-order valence-corrected chi connectivity index (χ1v) is 20.9. The summed E-state index contributed by atoms with van der Waals surface area (Å²) in [4.78, 5) is 29.8. The van der Waals surface area contributed by atoms with E-state index in [4.69, 9.17) is 4.74 Å². The fraction of sp³-hybridized carbons (Fsp3) is 0.909. The first-order valence-electron chi connectivity index (χ1n) is 20.9. The number of β-amino-alcohol motifs (C(OH)–C–C–N with tert-alkyl or cyclic N) is 1. The third-order valence-electron chi connectivity index (χ3n) is 17.5. The Morgan fingerprint density at radius 1 is 0.804 bits per heavy atom. The average Bonchev–Trinajstić information content (AvgIpc) is 3.42. The maximum absolute atomic E-state index is 13.2. The number of rotatable bonds is 11. The van der Waals surface area contributed by atoms with Gasteiger partial charge in [-0.2, -0.15) is 0 Å². The van der Waals surface area contributed by atoms with Crippen LogP contribution in [0.5, 0.6) is 0 Å². The summed E-state index contributed by atoms with van der Waals surface area (Å²) >= 11 is 0. The summed E-state index contributed by atoms with van der Waals surface area (Å²) in [6.07, 6.45) is 13.8. The van der Waals surface area contributed by atoms with Gasteiger partial charge in [0.25, 0.3) is 0 Å². The molecule has 0 aromatic rings. The van der Waals surface area contributed by atoms with E-state index in [2.05, 4.69) is 57.9 Å². The van der Waals surface area contributed by atoms with Crippen LogP contribution in [-0.4, -0.2) is 83.9 Å². The molecule has 6 rings (SSSR count). The van der Waals surface area contributed by atoms with Gasteiger partial charge in [0, 0.05) is 38.1 Å². The van der Waals surface area contributed by atoms with Crippen molar-refractivity contribution in [1.29, 1.82) is 0 Å². The Balaban J connectivity index is 1.19. The van der Waals surface area contributed by atoms with Gasteiger partial charge in [-0.3, -0.25) is 14.5 Å². The van der Waals surface area contributed by atoms with Crippen LogP contribution in [0.2, 0.25) is 0 Å². The summed E-state index contributed by atoms with van der Waals surface area (Å²) in [7, 11) is 0. The van der Waals surface area contributed by atoms with Crippen molar-refractivity contribution in [2.24, 2.45) is 62.1 Å². The molecule has 1 heterocycles. The molecule has 0 unspecified atom stereocenters. The fourth-order valence-corrected chi connectivity index (χ4v) is 14.7. The quantitative estimate of drug-likeness (QED) is 0.164. The summed E-state index contributed by atoms with van der Waals surface area (Å²) in [5, 5.41) is 18.8. The van der Waals surface area contributed by atoms with Gasteiger partial charge in [-0.25, -0.2) is 0 Å². The number of aliphatic hydroxyl groups is 1. The van der Waals surface area contributed by atoms with Gasteiger partial charge in [0.1, 0.15) is 6.10 Å². The Bertz CT molecular complexity index is 1320. The smallest absolute Gasteiger partial charge is 0.306 e. The highest BCUT2D eigenvalue weighted by Gasteiger charge is 2.71. The van der Waals surface area contributed by atoms with E-state index >= 15 is 0 Å². The van der Waals surface area contributed by atoms with Crippen molar-refractivity contribution < 1.29 is 24.5 Å². The lowest BCUT2D eigenvalue weighted by Crippen LogP contribution is -2.66. The van der Waals surface area contributed by atoms with E-state index in [0.717, 1.165) is 57.4 Å². The molecule has 290 valence electrons. The first kappa shape index (κ1) is 39.3.